The number of halogens is 1. The minimum Gasteiger partial charge on any atom is -0.447 e. The summed E-state index contributed by atoms with van der Waals surface area (Å²) < 4.78 is 5.08. The van der Waals surface area contributed by atoms with Crippen LogP contribution in [0.15, 0.2) is 24.4 Å². The van der Waals surface area contributed by atoms with Gasteiger partial charge in [-0.05, 0) is 36.9 Å². The zero-order valence-corrected chi connectivity index (χ0v) is 13.2. The van der Waals surface area contributed by atoms with E-state index in [2.05, 4.69) is 11.1 Å². The Labute approximate surface area is 138 Å². The first kappa shape index (κ1) is 14.3. The van der Waals surface area contributed by atoms with Crippen LogP contribution >= 0.6 is 11.6 Å². The maximum Gasteiger partial charge on any atom is 0.414 e. The Morgan fingerprint density at radius 3 is 2.91 bits per heavy atom. The number of anilines is 1. The Kier molecular flexibility index (Phi) is 3.17. The van der Waals surface area contributed by atoms with Gasteiger partial charge in [0, 0.05) is 28.9 Å². The van der Waals surface area contributed by atoms with Gasteiger partial charge in [-0.25, -0.2) is 4.79 Å². The molecule has 1 aliphatic carbocycles. The minimum atomic E-state index is -0.353. The number of hydrogen-bond donors (Lipinski definition) is 0. The van der Waals surface area contributed by atoms with Crippen LogP contribution in [0.3, 0.4) is 0 Å². The van der Waals surface area contributed by atoms with Crippen LogP contribution < -0.4 is 4.90 Å². The van der Waals surface area contributed by atoms with Crippen LogP contribution in [0.5, 0.6) is 0 Å². The van der Waals surface area contributed by atoms with Crippen molar-refractivity contribution >= 4 is 34.2 Å². The van der Waals surface area contributed by atoms with Gasteiger partial charge in [0.25, 0.3) is 0 Å². The van der Waals surface area contributed by atoms with Crippen LogP contribution in [0.25, 0.3) is 10.8 Å². The van der Waals surface area contributed by atoms with E-state index in [1.807, 2.05) is 19.1 Å². The molecule has 4 rings (SSSR count). The normalized spacial score (nSPS) is 26.2. The summed E-state index contributed by atoms with van der Waals surface area (Å²) in [6.07, 6.45) is 2.25. The van der Waals surface area contributed by atoms with Crippen LogP contribution in [0, 0.1) is 17.2 Å². The predicted octanol–water partition coefficient (Wildman–Crippen LogP) is 3.86. The third kappa shape index (κ3) is 2.30. The number of nitrogens with zero attached hydrogens (tertiary/aromatic N) is 3. The van der Waals surface area contributed by atoms with Gasteiger partial charge in [-0.1, -0.05) is 11.6 Å². The molecule has 0 N–H and O–H groups in total. The second kappa shape index (κ2) is 5.10. The zero-order chi connectivity index (χ0) is 16.1. The van der Waals surface area contributed by atoms with E-state index in [9.17, 15) is 4.79 Å². The van der Waals surface area contributed by atoms with Crippen molar-refractivity contribution in [2.24, 2.45) is 5.92 Å². The minimum absolute atomic E-state index is 0.0243. The van der Waals surface area contributed by atoms with Gasteiger partial charge in [-0.15, -0.1) is 0 Å². The standard InChI is InChI=1S/C17H14ClN3O2/c1-9-8-23-17(22)21(9)12-2-10-4-16(13-3-11(13)6-19)20-7-14(10)15(18)5-12/h2,4-5,7,9,11,13H,3,8H2,1H3/t9-,11?,13?/m1/s1. The summed E-state index contributed by atoms with van der Waals surface area (Å²) in [6.45, 7) is 2.31. The molecule has 23 heavy (non-hydrogen) atoms. The predicted molar refractivity (Wildman–Crippen MR) is 86.5 cm³/mol. The Morgan fingerprint density at radius 1 is 1.43 bits per heavy atom. The summed E-state index contributed by atoms with van der Waals surface area (Å²) in [5, 5.41) is 11.3. The van der Waals surface area contributed by atoms with Crippen molar-refractivity contribution in [3.05, 3.63) is 35.1 Å². The molecule has 1 aromatic heterocycles. The van der Waals surface area contributed by atoms with Gasteiger partial charge in [0.15, 0.2) is 0 Å². The molecular formula is C17H14ClN3O2. The lowest BCUT2D eigenvalue weighted by atomic mass is 10.1. The number of rotatable bonds is 2. The lowest BCUT2D eigenvalue weighted by molar-refractivity contribution is 0.179. The van der Waals surface area contributed by atoms with E-state index >= 15 is 0 Å². The maximum absolute atomic E-state index is 11.9. The molecular weight excluding hydrogens is 314 g/mol. The molecule has 1 aromatic carbocycles. The second-order valence-corrected chi connectivity index (χ2v) is 6.54. The van der Waals surface area contributed by atoms with Crippen molar-refractivity contribution in [1.29, 1.82) is 5.26 Å². The molecule has 116 valence electrons. The number of nitriles is 1. The molecule has 1 aliphatic heterocycles. The summed E-state index contributed by atoms with van der Waals surface area (Å²) in [5.74, 6) is 0.273. The number of carbonyl (C=O) groups excluding carboxylic acids is 1. The Morgan fingerprint density at radius 2 is 2.26 bits per heavy atom. The molecule has 2 fully saturated rings. The first-order valence-electron chi connectivity index (χ1n) is 7.53. The first-order chi connectivity index (χ1) is 11.1. The van der Waals surface area contributed by atoms with Crippen molar-refractivity contribution < 1.29 is 9.53 Å². The van der Waals surface area contributed by atoms with E-state index in [0.717, 1.165) is 28.6 Å². The van der Waals surface area contributed by atoms with Crippen molar-refractivity contribution in [1.82, 2.24) is 4.98 Å². The molecule has 1 saturated heterocycles. The molecule has 2 unspecified atom stereocenters. The lowest BCUT2D eigenvalue weighted by Crippen LogP contribution is -2.30. The molecule has 3 atom stereocenters. The van der Waals surface area contributed by atoms with E-state index in [0.29, 0.717) is 11.6 Å². The molecule has 0 spiro atoms. The number of ether oxygens (including phenoxy) is 1. The molecule has 0 bridgehead atoms. The maximum atomic E-state index is 11.9. The van der Waals surface area contributed by atoms with Crippen LogP contribution in [-0.4, -0.2) is 23.7 Å². The van der Waals surface area contributed by atoms with E-state index < -0.39 is 0 Å². The molecule has 2 aromatic rings. The number of hydrogen-bond acceptors (Lipinski definition) is 4. The van der Waals surface area contributed by atoms with Gasteiger partial charge < -0.3 is 4.74 Å². The number of cyclic esters (lactones) is 1. The van der Waals surface area contributed by atoms with Crippen LogP contribution in [0.4, 0.5) is 10.5 Å². The Balaban J connectivity index is 1.79. The highest BCUT2D eigenvalue weighted by Crippen LogP contribution is 2.46. The van der Waals surface area contributed by atoms with Crippen molar-refractivity contribution in [2.75, 3.05) is 11.5 Å². The van der Waals surface area contributed by atoms with E-state index in [1.54, 1.807) is 17.2 Å². The lowest BCUT2D eigenvalue weighted by Gasteiger charge is -2.19. The number of pyridine rings is 1. The molecule has 0 radical (unpaired) electrons. The number of fused-ring (bicyclic) bond motifs is 1. The smallest absolute Gasteiger partial charge is 0.414 e. The van der Waals surface area contributed by atoms with Gasteiger partial charge in [0.05, 0.1) is 23.1 Å². The largest absolute Gasteiger partial charge is 0.447 e. The highest BCUT2D eigenvalue weighted by molar-refractivity contribution is 6.36. The van der Waals surface area contributed by atoms with Crippen molar-refractivity contribution in [3.8, 4) is 6.07 Å². The SMILES string of the molecule is C[C@@H]1COC(=O)N1c1cc(Cl)c2cnc(C3CC3C#N)cc2c1. The molecule has 5 nitrogen and oxygen atoms in total. The number of amides is 1. The quantitative estimate of drug-likeness (QED) is 0.840. The summed E-state index contributed by atoms with van der Waals surface area (Å²) in [6, 6.07) is 7.92. The first-order valence-corrected chi connectivity index (χ1v) is 7.91. The van der Waals surface area contributed by atoms with Gasteiger partial charge in [0.1, 0.15) is 6.61 Å². The van der Waals surface area contributed by atoms with E-state index in [1.165, 1.54) is 0 Å². The molecule has 1 saturated carbocycles. The van der Waals surface area contributed by atoms with Gasteiger partial charge in [-0.2, -0.15) is 5.26 Å². The summed E-state index contributed by atoms with van der Waals surface area (Å²) in [4.78, 5) is 18.0. The van der Waals surface area contributed by atoms with E-state index in [-0.39, 0.29) is 24.0 Å². The highest BCUT2D eigenvalue weighted by Gasteiger charge is 2.39. The summed E-state index contributed by atoms with van der Waals surface area (Å²) in [5.41, 5.74) is 1.64. The van der Waals surface area contributed by atoms with Crippen LogP contribution in [0.1, 0.15) is 25.0 Å². The van der Waals surface area contributed by atoms with Gasteiger partial charge >= 0.3 is 6.09 Å². The number of benzene rings is 1. The number of carbonyl (C=O) groups is 1. The molecule has 2 aliphatic rings. The molecule has 1 amide bonds. The second-order valence-electron chi connectivity index (χ2n) is 6.13. The van der Waals surface area contributed by atoms with Gasteiger partial charge in [-0.3, -0.25) is 9.88 Å². The topological polar surface area (TPSA) is 66.2 Å². The Bertz CT molecular complexity index is 861. The molecule has 6 heteroatoms. The fourth-order valence-corrected chi connectivity index (χ4v) is 3.37. The van der Waals surface area contributed by atoms with E-state index in [4.69, 9.17) is 21.6 Å². The zero-order valence-electron chi connectivity index (χ0n) is 12.5. The van der Waals surface area contributed by atoms with Gasteiger partial charge in [0.2, 0.25) is 0 Å². The third-order valence-corrected chi connectivity index (χ3v) is 4.80. The molecule has 2 heterocycles. The summed E-state index contributed by atoms with van der Waals surface area (Å²) >= 11 is 6.37. The highest BCUT2D eigenvalue weighted by atomic mass is 35.5. The van der Waals surface area contributed by atoms with Crippen molar-refractivity contribution in [2.45, 2.75) is 25.3 Å². The van der Waals surface area contributed by atoms with Crippen LogP contribution in [0.2, 0.25) is 5.02 Å². The average molecular weight is 328 g/mol. The van der Waals surface area contributed by atoms with Crippen molar-refractivity contribution in [3.63, 3.8) is 0 Å². The third-order valence-electron chi connectivity index (χ3n) is 4.49. The average Bonchev–Trinajstić information content (AvgIpc) is 3.25. The Hall–Kier alpha value is -2.32. The fraction of sp³-hybridized carbons (Fsp3) is 0.353. The summed E-state index contributed by atoms with van der Waals surface area (Å²) in [7, 11) is 0. The van der Waals surface area contributed by atoms with Crippen LogP contribution in [-0.2, 0) is 4.74 Å². The fourth-order valence-electron chi connectivity index (χ4n) is 3.10. The monoisotopic (exact) mass is 327 g/mol. The number of aromatic nitrogens is 1.